The minimum atomic E-state index is -0.0142. The Hall–Kier alpha value is -0.610. The van der Waals surface area contributed by atoms with Crippen LogP contribution in [-0.4, -0.2) is 35.6 Å². The van der Waals surface area contributed by atoms with Crippen LogP contribution >= 0.6 is 0 Å². The van der Waals surface area contributed by atoms with Gasteiger partial charge in [-0.15, -0.1) is 0 Å². The lowest BCUT2D eigenvalue weighted by Gasteiger charge is -2.28. The maximum Gasteiger partial charge on any atom is 0.238 e. The fraction of sp³-hybridized carbons (Fsp3) is 0.900. The van der Waals surface area contributed by atoms with E-state index in [2.05, 4.69) is 24.6 Å². The summed E-state index contributed by atoms with van der Waals surface area (Å²) in [4.78, 5) is 11.8. The number of nitrogens with zero attached hydrogens (tertiary/aromatic N) is 1. The van der Waals surface area contributed by atoms with Gasteiger partial charge in [0.05, 0.1) is 6.04 Å². The van der Waals surface area contributed by atoms with Crippen LogP contribution in [0.1, 0.15) is 33.1 Å². The summed E-state index contributed by atoms with van der Waals surface area (Å²) < 4.78 is 0. The Balaban J connectivity index is 2.03. The first kappa shape index (κ1) is 9.93. The topological polar surface area (TPSA) is 44.4 Å². The molecule has 4 heteroatoms. The first-order valence-electron chi connectivity index (χ1n) is 5.45. The minimum absolute atomic E-state index is 0.0142. The molecule has 2 saturated heterocycles. The monoisotopic (exact) mass is 197 g/mol. The smallest absolute Gasteiger partial charge is 0.238 e. The molecule has 0 aromatic rings. The van der Waals surface area contributed by atoms with Crippen LogP contribution in [0.5, 0.6) is 0 Å². The highest BCUT2D eigenvalue weighted by atomic mass is 16.2. The quantitative estimate of drug-likeness (QED) is 0.667. The van der Waals surface area contributed by atoms with Crippen molar-refractivity contribution in [3.05, 3.63) is 0 Å². The van der Waals surface area contributed by atoms with Crippen molar-refractivity contribution in [1.29, 1.82) is 0 Å². The second-order valence-corrected chi connectivity index (χ2v) is 4.61. The zero-order valence-electron chi connectivity index (χ0n) is 8.97. The number of hydrogen-bond acceptors (Lipinski definition) is 3. The van der Waals surface area contributed by atoms with E-state index >= 15 is 0 Å². The van der Waals surface area contributed by atoms with E-state index in [9.17, 15) is 4.79 Å². The molecule has 2 N–H and O–H groups in total. The summed E-state index contributed by atoms with van der Waals surface area (Å²) in [5, 5.41) is 5.13. The number of carbonyl (C=O) groups excluding carboxylic acids is 1. The number of rotatable bonds is 2. The molecule has 0 aliphatic carbocycles. The average molecular weight is 197 g/mol. The molecule has 80 valence electrons. The van der Waals surface area contributed by atoms with Crippen LogP contribution in [0.4, 0.5) is 0 Å². The Labute approximate surface area is 85.0 Å². The Morgan fingerprint density at radius 2 is 2.43 bits per heavy atom. The van der Waals surface area contributed by atoms with Gasteiger partial charge >= 0.3 is 0 Å². The van der Waals surface area contributed by atoms with Crippen LogP contribution in [0.25, 0.3) is 0 Å². The second kappa shape index (κ2) is 3.51. The molecule has 4 nitrogen and oxygen atoms in total. The molecule has 2 aliphatic rings. The third kappa shape index (κ3) is 1.64. The van der Waals surface area contributed by atoms with Gasteiger partial charge in [0.25, 0.3) is 0 Å². The van der Waals surface area contributed by atoms with E-state index in [1.54, 1.807) is 0 Å². The fourth-order valence-electron chi connectivity index (χ4n) is 2.17. The second-order valence-electron chi connectivity index (χ2n) is 4.61. The van der Waals surface area contributed by atoms with E-state index in [0.29, 0.717) is 12.5 Å². The number of carbonyl (C=O) groups is 1. The maximum atomic E-state index is 11.8. The lowest BCUT2D eigenvalue weighted by atomic mass is 9.97. The highest BCUT2D eigenvalue weighted by Gasteiger charge is 2.41. The molecule has 2 fully saturated rings. The third-order valence-electron chi connectivity index (χ3n) is 3.38. The molecule has 0 bridgehead atoms. The van der Waals surface area contributed by atoms with Crippen LogP contribution in [0.3, 0.4) is 0 Å². The van der Waals surface area contributed by atoms with Crippen molar-refractivity contribution in [2.75, 3.05) is 13.1 Å². The molecule has 0 aromatic carbocycles. The number of amides is 1. The molecule has 2 atom stereocenters. The zero-order chi connectivity index (χ0) is 10.2. The van der Waals surface area contributed by atoms with Gasteiger partial charge < -0.3 is 5.32 Å². The summed E-state index contributed by atoms with van der Waals surface area (Å²) in [5.74, 6) is 0.253. The zero-order valence-corrected chi connectivity index (χ0v) is 8.97. The van der Waals surface area contributed by atoms with Gasteiger partial charge in [0.1, 0.15) is 0 Å². The molecular formula is C10H19N3O. The van der Waals surface area contributed by atoms with Gasteiger partial charge in [-0.2, -0.15) is 0 Å². The Kier molecular flexibility index (Phi) is 2.49. The molecule has 0 saturated carbocycles. The Bertz CT molecular complexity index is 238. The summed E-state index contributed by atoms with van der Waals surface area (Å²) in [6.45, 7) is 6.20. The van der Waals surface area contributed by atoms with Crippen molar-refractivity contribution in [1.82, 2.24) is 15.8 Å². The van der Waals surface area contributed by atoms with Gasteiger partial charge in [-0.05, 0) is 26.3 Å². The van der Waals surface area contributed by atoms with E-state index in [-0.39, 0.29) is 11.4 Å². The van der Waals surface area contributed by atoms with Crippen molar-refractivity contribution < 1.29 is 4.79 Å². The van der Waals surface area contributed by atoms with Gasteiger partial charge in [0.2, 0.25) is 5.91 Å². The number of hydrogen-bond donors (Lipinski definition) is 2. The molecular weight excluding hydrogens is 178 g/mol. The van der Waals surface area contributed by atoms with Crippen LogP contribution in [0.2, 0.25) is 0 Å². The first-order valence-corrected chi connectivity index (χ1v) is 5.45. The molecule has 1 amide bonds. The van der Waals surface area contributed by atoms with E-state index in [0.717, 1.165) is 25.9 Å². The van der Waals surface area contributed by atoms with Crippen molar-refractivity contribution in [2.45, 2.75) is 44.7 Å². The lowest BCUT2D eigenvalue weighted by molar-refractivity contribution is -0.131. The normalized spacial score (nSPS) is 38.3. The standard InChI is InChI=1S/C10H19N3O/c1-3-10(2)6-9(14)13(12-10)8-4-5-11-7-8/h8,11-12H,3-7H2,1-2H3. The molecule has 14 heavy (non-hydrogen) atoms. The number of nitrogens with one attached hydrogen (secondary N) is 2. The fourth-order valence-corrected chi connectivity index (χ4v) is 2.17. The van der Waals surface area contributed by atoms with Crippen LogP contribution < -0.4 is 10.7 Å². The summed E-state index contributed by atoms with van der Waals surface area (Å²) in [6.07, 6.45) is 2.70. The Morgan fingerprint density at radius 3 is 2.93 bits per heavy atom. The molecule has 2 heterocycles. The summed E-state index contributed by atoms with van der Waals surface area (Å²) in [7, 11) is 0. The van der Waals surface area contributed by atoms with Crippen LogP contribution in [0.15, 0.2) is 0 Å². The van der Waals surface area contributed by atoms with Crippen LogP contribution in [-0.2, 0) is 4.79 Å². The molecule has 0 spiro atoms. The van der Waals surface area contributed by atoms with Crippen molar-refractivity contribution in [3.63, 3.8) is 0 Å². The highest BCUT2D eigenvalue weighted by molar-refractivity contribution is 5.79. The van der Waals surface area contributed by atoms with Gasteiger partial charge in [0, 0.05) is 18.5 Å². The summed E-state index contributed by atoms with van der Waals surface area (Å²) in [5.41, 5.74) is 3.34. The molecule has 0 aromatic heterocycles. The minimum Gasteiger partial charge on any atom is -0.315 e. The average Bonchev–Trinajstić information content (AvgIpc) is 2.74. The molecule has 2 aliphatic heterocycles. The molecule has 2 unspecified atom stereocenters. The summed E-state index contributed by atoms with van der Waals surface area (Å²) >= 11 is 0. The van der Waals surface area contributed by atoms with E-state index in [1.165, 1.54) is 0 Å². The summed E-state index contributed by atoms with van der Waals surface area (Å²) in [6, 6.07) is 0.357. The van der Waals surface area contributed by atoms with E-state index in [1.807, 2.05) is 5.01 Å². The van der Waals surface area contributed by atoms with Crippen LogP contribution in [0, 0.1) is 0 Å². The van der Waals surface area contributed by atoms with Crippen molar-refractivity contribution in [3.8, 4) is 0 Å². The van der Waals surface area contributed by atoms with Gasteiger partial charge in [-0.3, -0.25) is 9.80 Å². The maximum absolute atomic E-state index is 11.8. The lowest BCUT2D eigenvalue weighted by Crippen LogP contribution is -2.49. The van der Waals surface area contributed by atoms with E-state index < -0.39 is 0 Å². The van der Waals surface area contributed by atoms with Gasteiger partial charge in [-0.25, -0.2) is 5.43 Å². The van der Waals surface area contributed by atoms with Crippen molar-refractivity contribution in [2.24, 2.45) is 0 Å². The number of hydrazine groups is 1. The SMILES string of the molecule is CCC1(C)CC(=O)N(C2CCNC2)N1. The third-order valence-corrected chi connectivity index (χ3v) is 3.38. The molecule has 0 radical (unpaired) electrons. The first-order chi connectivity index (χ1) is 6.64. The predicted octanol–water partition coefficient (Wildman–Crippen LogP) is 0.254. The highest BCUT2D eigenvalue weighted by Crippen LogP contribution is 2.25. The van der Waals surface area contributed by atoms with Gasteiger partial charge in [0.15, 0.2) is 0 Å². The van der Waals surface area contributed by atoms with E-state index in [4.69, 9.17) is 0 Å². The predicted molar refractivity (Wildman–Crippen MR) is 54.6 cm³/mol. The Morgan fingerprint density at radius 1 is 1.64 bits per heavy atom. The van der Waals surface area contributed by atoms with Crippen molar-refractivity contribution >= 4 is 5.91 Å². The largest absolute Gasteiger partial charge is 0.315 e. The van der Waals surface area contributed by atoms with Gasteiger partial charge in [-0.1, -0.05) is 6.92 Å². The molecule has 2 rings (SSSR count).